The number of aryl methyl sites for hydroxylation is 1. The number of para-hydroxylation sites is 2. The normalized spacial score (nSPS) is 17.1. The fourth-order valence-corrected chi connectivity index (χ4v) is 4.84. The molecule has 2 N–H and O–H groups in total. The Bertz CT molecular complexity index is 942. The molecule has 6 nitrogen and oxygen atoms in total. The lowest BCUT2D eigenvalue weighted by atomic mass is 9.93. The van der Waals surface area contributed by atoms with Crippen LogP contribution in [0.4, 0.5) is 16.4 Å². The van der Waals surface area contributed by atoms with Crippen molar-refractivity contribution in [1.29, 1.82) is 0 Å². The molecule has 154 valence electrons. The van der Waals surface area contributed by atoms with Crippen molar-refractivity contribution in [2.24, 2.45) is 10.4 Å². The number of aliphatic imine (C=N–C) groups is 1. The van der Waals surface area contributed by atoms with Crippen LogP contribution in [0.25, 0.3) is 0 Å². The summed E-state index contributed by atoms with van der Waals surface area (Å²) in [5.74, 6) is 0.274. The highest BCUT2D eigenvalue weighted by atomic mass is 32.1. The minimum absolute atomic E-state index is 0.566. The number of hydrogen-bond acceptors (Lipinski definition) is 6. The van der Waals surface area contributed by atoms with Gasteiger partial charge in [-0.3, -0.25) is 9.69 Å². The van der Waals surface area contributed by atoms with Gasteiger partial charge in [-0.1, -0.05) is 19.1 Å². The van der Waals surface area contributed by atoms with Crippen LogP contribution in [0.2, 0.25) is 0 Å². The minimum atomic E-state index is -0.745. The van der Waals surface area contributed by atoms with Crippen LogP contribution in [0.5, 0.6) is 0 Å². The lowest BCUT2D eigenvalue weighted by Gasteiger charge is -2.38. The largest absolute Gasteiger partial charge is 0.481 e. The number of benzene rings is 1. The molecule has 0 unspecified atom stereocenters. The van der Waals surface area contributed by atoms with Gasteiger partial charge in [-0.2, -0.15) is 0 Å². The Morgan fingerprint density at radius 3 is 2.66 bits per heavy atom. The van der Waals surface area contributed by atoms with Crippen molar-refractivity contribution >= 4 is 39.5 Å². The molecule has 0 spiro atoms. The number of aliphatic carboxylic acids is 1. The molecule has 1 aromatic carbocycles. The van der Waals surface area contributed by atoms with Gasteiger partial charge in [0.15, 0.2) is 0 Å². The highest BCUT2D eigenvalue weighted by Crippen LogP contribution is 2.39. The van der Waals surface area contributed by atoms with Crippen molar-refractivity contribution in [3.05, 3.63) is 40.8 Å². The molecule has 1 saturated heterocycles. The number of fused-ring (bicyclic) bond motifs is 2. The van der Waals surface area contributed by atoms with Crippen LogP contribution in [-0.4, -0.2) is 59.4 Å². The van der Waals surface area contributed by atoms with Gasteiger partial charge in [0.05, 0.1) is 22.4 Å². The van der Waals surface area contributed by atoms with Crippen LogP contribution >= 0.6 is 11.3 Å². The summed E-state index contributed by atoms with van der Waals surface area (Å²) in [5, 5.41) is 14.2. The zero-order valence-corrected chi connectivity index (χ0v) is 18.1. The second-order valence-corrected chi connectivity index (χ2v) is 9.48. The number of carboxylic acid groups (broad SMARTS) is 1. The number of thiophene rings is 1. The van der Waals surface area contributed by atoms with Gasteiger partial charge < -0.3 is 15.3 Å². The molecule has 0 aliphatic carbocycles. The van der Waals surface area contributed by atoms with E-state index < -0.39 is 11.4 Å². The predicted octanol–water partition coefficient (Wildman–Crippen LogP) is 4.17. The van der Waals surface area contributed by atoms with Crippen molar-refractivity contribution in [1.82, 2.24) is 9.80 Å². The Hall–Kier alpha value is -2.38. The van der Waals surface area contributed by atoms with Crippen LogP contribution in [0.3, 0.4) is 0 Å². The molecule has 0 atom stereocenters. The first-order valence-electron chi connectivity index (χ1n) is 10.2. The van der Waals surface area contributed by atoms with Crippen LogP contribution in [0, 0.1) is 5.41 Å². The zero-order valence-electron chi connectivity index (χ0n) is 17.2. The maximum absolute atomic E-state index is 11.5. The first kappa shape index (κ1) is 19.9. The Labute approximate surface area is 175 Å². The third kappa shape index (κ3) is 4.02. The van der Waals surface area contributed by atoms with Gasteiger partial charge in [0.25, 0.3) is 0 Å². The van der Waals surface area contributed by atoms with E-state index in [9.17, 15) is 9.90 Å². The monoisotopic (exact) mass is 412 g/mol. The Morgan fingerprint density at radius 1 is 1.24 bits per heavy atom. The molecule has 4 rings (SSSR count). The molecule has 7 heteroatoms. The second-order valence-electron chi connectivity index (χ2n) is 8.34. The quantitative estimate of drug-likeness (QED) is 0.789. The third-order valence-corrected chi connectivity index (χ3v) is 6.82. The van der Waals surface area contributed by atoms with Crippen LogP contribution in [0.1, 0.15) is 31.2 Å². The average molecular weight is 413 g/mol. The number of rotatable bonds is 4. The maximum Gasteiger partial charge on any atom is 0.310 e. The molecule has 0 amide bonds. The number of amidine groups is 1. The van der Waals surface area contributed by atoms with Crippen LogP contribution in [-0.2, 0) is 11.2 Å². The fraction of sp³-hybridized carbons (Fsp3) is 0.455. The van der Waals surface area contributed by atoms with Gasteiger partial charge in [0.2, 0.25) is 0 Å². The zero-order chi connectivity index (χ0) is 20.6. The minimum Gasteiger partial charge on any atom is -0.481 e. The van der Waals surface area contributed by atoms with Gasteiger partial charge >= 0.3 is 5.97 Å². The van der Waals surface area contributed by atoms with Crippen molar-refractivity contribution < 1.29 is 9.90 Å². The lowest BCUT2D eigenvalue weighted by molar-refractivity contribution is -0.148. The van der Waals surface area contributed by atoms with E-state index >= 15 is 0 Å². The number of nitrogens with one attached hydrogen (secondary N) is 1. The van der Waals surface area contributed by atoms with Gasteiger partial charge in [-0.25, -0.2) is 4.99 Å². The summed E-state index contributed by atoms with van der Waals surface area (Å²) < 4.78 is 0. The third-order valence-electron chi connectivity index (χ3n) is 5.62. The number of carboxylic acids is 1. The second kappa shape index (κ2) is 7.80. The molecule has 0 saturated carbocycles. The summed E-state index contributed by atoms with van der Waals surface area (Å²) in [6.07, 6.45) is 1.01. The highest BCUT2D eigenvalue weighted by Gasteiger charge is 2.32. The molecule has 2 aliphatic heterocycles. The number of piperazine rings is 1. The molecule has 2 aliphatic rings. The van der Waals surface area contributed by atoms with E-state index in [1.165, 1.54) is 10.4 Å². The van der Waals surface area contributed by atoms with Gasteiger partial charge in [-0.05, 0) is 38.5 Å². The van der Waals surface area contributed by atoms with Crippen molar-refractivity contribution in [2.75, 3.05) is 38.0 Å². The van der Waals surface area contributed by atoms with Crippen molar-refractivity contribution in [3.63, 3.8) is 0 Å². The average Bonchev–Trinajstić information content (AvgIpc) is 3.03. The summed E-state index contributed by atoms with van der Waals surface area (Å²) in [7, 11) is 0. The Morgan fingerprint density at radius 2 is 1.97 bits per heavy atom. The number of anilines is 2. The van der Waals surface area contributed by atoms with Gasteiger partial charge in [-0.15, -0.1) is 11.3 Å². The molecular formula is C22H28N4O2S. The number of carbonyl (C=O) groups is 1. The van der Waals surface area contributed by atoms with Gasteiger partial charge in [0, 0.05) is 37.6 Å². The fourth-order valence-electron chi connectivity index (χ4n) is 3.83. The van der Waals surface area contributed by atoms with E-state index in [1.807, 2.05) is 18.2 Å². The summed E-state index contributed by atoms with van der Waals surface area (Å²) in [4.78, 5) is 22.5. The number of hydrogen-bond donors (Lipinski definition) is 2. The molecule has 1 fully saturated rings. The van der Waals surface area contributed by atoms with E-state index in [-0.39, 0.29) is 0 Å². The summed E-state index contributed by atoms with van der Waals surface area (Å²) in [5.41, 5.74) is 2.43. The Balaban J connectivity index is 1.58. The highest BCUT2D eigenvalue weighted by molar-refractivity contribution is 7.16. The van der Waals surface area contributed by atoms with E-state index in [4.69, 9.17) is 4.99 Å². The smallest absolute Gasteiger partial charge is 0.310 e. The van der Waals surface area contributed by atoms with E-state index in [1.54, 1.807) is 25.2 Å². The molecule has 0 bridgehead atoms. The maximum atomic E-state index is 11.5. The van der Waals surface area contributed by atoms with E-state index in [2.05, 4.69) is 34.2 Å². The topological polar surface area (TPSA) is 68.2 Å². The molecule has 29 heavy (non-hydrogen) atoms. The summed E-state index contributed by atoms with van der Waals surface area (Å²) in [6.45, 7) is 9.69. The van der Waals surface area contributed by atoms with Crippen molar-refractivity contribution in [3.8, 4) is 0 Å². The number of nitrogens with zero attached hydrogens (tertiary/aromatic N) is 3. The molecular weight excluding hydrogens is 384 g/mol. The van der Waals surface area contributed by atoms with Crippen LogP contribution in [0.15, 0.2) is 35.3 Å². The Kier molecular flexibility index (Phi) is 5.36. The lowest BCUT2D eigenvalue weighted by Crippen LogP contribution is -2.52. The molecule has 1 aromatic heterocycles. The first-order valence-corrected chi connectivity index (χ1v) is 11.0. The standard InChI is InChI=1S/C22H28N4O2S/c1-4-15-13-16-19(23-17-7-5-6-8-18(17)24-20(16)29-15)26-11-9-25(10-12-26)14-22(2,3)21(27)28/h5-8,13,24H,4,9-12,14H2,1-3H3,(H,27,28). The van der Waals surface area contributed by atoms with Gasteiger partial charge in [0.1, 0.15) is 10.8 Å². The summed E-state index contributed by atoms with van der Waals surface area (Å²) >= 11 is 1.80. The SMILES string of the molecule is CCc1cc2c(s1)Nc1ccccc1N=C2N1CCN(CC(C)(C)C(=O)O)CC1. The summed E-state index contributed by atoms with van der Waals surface area (Å²) in [6, 6.07) is 10.4. The first-order chi connectivity index (χ1) is 13.9. The predicted molar refractivity (Wildman–Crippen MR) is 119 cm³/mol. The van der Waals surface area contributed by atoms with Crippen LogP contribution < -0.4 is 5.32 Å². The molecule has 0 radical (unpaired) electrons. The molecule has 2 aromatic rings. The van der Waals surface area contributed by atoms with Crippen molar-refractivity contribution in [2.45, 2.75) is 27.2 Å². The van der Waals surface area contributed by atoms with E-state index in [0.29, 0.717) is 6.54 Å². The molecule has 3 heterocycles. The van der Waals surface area contributed by atoms with E-state index in [0.717, 1.165) is 54.8 Å².